The summed E-state index contributed by atoms with van der Waals surface area (Å²) in [6, 6.07) is 65.8. The zero-order chi connectivity index (χ0) is 36.3. The Balaban J connectivity index is 1.12. The number of hydrogen-bond acceptors (Lipinski definition) is 4. The van der Waals surface area contributed by atoms with Gasteiger partial charge in [-0.2, -0.15) is 0 Å². The van der Waals surface area contributed by atoms with Crippen molar-refractivity contribution >= 4 is 54.3 Å². The summed E-state index contributed by atoms with van der Waals surface area (Å²) in [6.07, 6.45) is 0. The fraction of sp³-hybridized carbons (Fsp3) is 0. The zero-order valence-electron chi connectivity index (χ0n) is 29.6. The molecule has 0 saturated heterocycles. The van der Waals surface area contributed by atoms with Crippen LogP contribution in [0.4, 0.5) is 0 Å². The molecular formula is C51H31N3O. The van der Waals surface area contributed by atoms with E-state index < -0.39 is 0 Å². The third kappa shape index (κ3) is 5.19. The predicted molar refractivity (Wildman–Crippen MR) is 227 cm³/mol. The Kier molecular flexibility index (Phi) is 7.14. The SMILES string of the molecule is c1ccc(-c2ccccc2-c2nc(-c3ccc(-c4cc5ccccc5c5ccc6ccccc6c45)cc3)nc(-c3cccc4oc5ccccc5c34)n2)cc1. The van der Waals surface area contributed by atoms with Crippen molar-refractivity contribution in [1.82, 2.24) is 15.0 Å². The molecule has 4 heteroatoms. The van der Waals surface area contributed by atoms with Gasteiger partial charge in [0.25, 0.3) is 0 Å². The maximum atomic E-state index is 6.29. The standard InChI is InChI=1S/C51H31N3O/c1-2-13-32(14-3-1)37-17-8-9-20-41(37)50-52-49(53-51(54-50)43-22-12-24-46-48(43)42-21-10-11-23-45(42)55-46)35-27-25-34(26-28-35)44-31-36-16-5-6-18-38(36)40-30-29-33-15-4-7-19-39(33)47(40)44/h1-31H. The van der Waals surface area contributed by atoms with E-state index in [4.69, 9.17) is 19.4 Å². The minimum Gasteiger partial charge on any atom is -0.456 e. The molecule has 2 heterocycles. The molecule has 0 amide bonds. The number of fused-ring (bicyclic) bond motifs is 8. The van der Waals surface area contributed by atoms with Crippen molar-refractivity contribution in [2.45, 2.75) is 0 Å². The van der Waals surface area contributed by atoms with Gasteiger partial charge in [-0.25, -0.2) is 15.0 Å². The van der Waals surface area contributed by atoms with Crippen molar-refractivity contribution in [2.24, 2.45) is 0 Å². The van der Waals surface area contributed by atoms with Crippen LogP contribution < -0.4 is 0 Å². The van der Waals surface area contributed by atoms with Gasteiger partial charge in [-0.3, -0.25) is 0 Å². The zero-order valence-corrected chi connectivity index (χ0v) is 29.6. The quantitative estimate of drug-likeness (QED) is 0.168. The van der Waals surface area contributed by atoms with Gasteiger partial charge in [0.2, 0.25) is 0 Å². The van der Waals surface area contributed by atoms with E-state index in [9.17, 15) is 0 Å². The fourth-order valence-electron chi connectivity index (χ4n) is 8.16. The lowest BCUT2D eigenvalue weighted by Gasteiger charge is -2.15. The Morgan fingerprint density at radius 2 is 0.873 bits per heavy atom. The fourth-order valence-corrected chi connectivity index (χ4v) is 8.16. The normalized spacial score (nSPS) is 11.6. The van der Waals surface area contributed by atoms with Crippen LogP contribution in [0.3, 0.4) is 0 Å². The molecule has 0 radical (unpaired) electrons. The first kappa shape index (κ1) is 31.1. The summed E-state index contributed by atoms with van der Waals surface area (Å²) in [6.45, 7) is 0. The van der Waals surface area contributed by atoms with E-state index in [0.29, 0.717) is 17.5 Å². The van der Waals surface area contributed by atoms with Gasteiger partial charge in [-0.15, -0.1) is 0 Å². The smallest absolute Gasteiger partial charge is 0.164 e. The molecule has 0 aliphatic rings. The Morgan fingerprint density at radius 3 is 1.71 bits per heavy atom. The van der Waals surface area contributed by atoms with Crippen molar-refractivity contribution in [3.63, 3.8) is 0 Å². The van der Waals surface area contributed by atoms with Crippen LogP contribution in [0, 0.1) is 0 Å². The molecule has 11 aromatic rings. The molecular weight excluding hydrogens is 671 g/mol. The molecule has 0 unspecified atom stereocenters. The molecule has 0 atom stereocenters. The van der Waals surface area contributed by atoms with Crippen molar-refractivity contribution in [3.8, 4) is 56.4 Å². The van der Waals surface area contributed by atoms with Crippen LogP contribution in [0.1, 0.15) is 0 Å². The van der Waals surface area contributed by atoms with Crippen LogP contribution in [-0.4, -0.2) is 15.0 Å². The van der Waals surface area contributed by atoms with Crippen molar-refractivity contribution in [3.05, 3.63) is 188 Å². The average molecular weight is 702 g/mol. The van der Waals surface area contributed by atoms with E-state index >= 15 is 0 Å². The second-order valence-corrected chi connectivity index (χ2v) is 13.9. The van der Waals surface area contributed by atoms with Crippen molar-refractivity contribution in [2.75, 3.05) is 0 Å². The number of para-hydroxylation sites is 1. The summed E-state index contributed by atoms with van der Waals surface area (Å²) >= 11 is 0. The first-order chi connectivity index (χ1) is 27.3. The third-order valence-corrected chi connectivity index (χ3v) is 10.7. The van der Waals surface area contributed by atoms with E-state index in [1.165, 1.54) is 37.9 Å². The van der Waals surface area contributed by atoms with Crippen LogP contribution in [0.2, 0.25) is 0 Å². The minimum atomic E-state index is 0.594. The lowest BCUT2D eigenvalue weighted by atomic mass is 9.90. The Labute approximate surface area is 317 Å². The van der Waals surface area contributed by atoms with E-state index in [2.05, 4.69) is 146 Å². The highest BCUT2D eigenvalue weighted by Crippen LogP contribution is 2.41. The Morgan fingerprint density at radius 1 is 0.291 bits per heavy atom. The van der Waals surface area contributed by atoms with E-state index in [0.717, 1.165) is 55.3 Å². The van der Waals surface area contributed by atoms with Gasteiger partial charge in [0, 0.05) is 27.5 Å². The van der Waals surface area contributed by atoms with Crippen LogP contribution in [0.15, 0.2) is 192 Å². The average Bonchev–Trinajstić information content (AvgIpc) is 3.65. The minimum absolute atomic E-state index is 0.594. The summed E-state index contributed by atoms with van der Waals surface area (Å²) in [5.74, 6) is 1.81. The highest BCUT2D eigenvalue weighted by Gasteiger charge is 2.20. The molecule has 0 bridgehead atoms. The summed E-state index contributed by atoms with van der Waals surface area (Å²) < 4.78 is 6.29. The number of rotatable bonds is 5. The molecule has 0 aliphatic heterocycles. The van der Waals surface area contributed by atoms with Crippen LogP contribution in [-0.2, 0) is 0 Å². The molecule has 0 spiro atoms. The van der Waals surface area contributed by atoms with Crippen molar-refractivity contribution < 1.29 is 4.42 Å². The molecule has 0 fully saturated rings. The van der Waals surface area contributed by atoms with Gasteiger partial charge < -0.3 is 4.42 Å². The summed E-state index contributed by atoms with van der Waals surface area (Å²) in [4.78, 5) is 15.6. The molecule has 256 valence electrons. The summed E-state index contributed by atoms with van der Waals surface area (Å²) in [5.41, 5.74) is 8.87. The molecule has 9 aromatic carbocycles. The predicted octanol–water partition coefficient (Wildman–Crippen LogP) is 13.6. The van der Waals surface area contributed by atoms with Gasteiger partial charge in [0.05, 0.1) is 0 Å². The maximum Gasteiger partial charge on any atom is 0.164 e. The summed E-state index contributed by atoms with van der Waals surface area (Å²) in [5, 5.41) is 9.47. The molecule has 4 nitrogen and oxygen atoms in total. The van der Waals surface area contributed by atoms with E-state index in [-0.39, 0.29) is 0 Å². The number of benzene rings is 9. The topological polar surface area (TPSA) is 51.8 Å². The molecule has 11 rings (SSSR count). The van der Waals surface area contributed by atoms with Gasteiger partial charge >= 0.3 is 0 Å². The Bertz CT molecular complexity index is 3260. The maximum absolute atomic E-state index is 6.29. The molecule has 55 heavy (non-hydrogen) atoms. The van der Waals surface area contributed by atoms with Crippen LogP contribution >= 0.6 is 0 Å². The summed E-state index contributed by atoms with van der Waals surface area (Å²) in [7, 11) is 0. The van der Waals surface area contributed by atoms with E-state index in [1.807, 2.05) is 42.5 Å². The molecule has 0 N–H and O–H groups in total. The van der Waals surface area contributed by atoms with Gasteiger partial charge in [-0.1, -0.05) is 170 Å². The van der Waals surface area contributed by atoms with Gasteiger partial charge in [-0.05, 0) is 72.8 Å². The first-order valence-corrected chi connectivity index (χ1v) is 18.5. The van der Waals surface area contributed by atoms with Gasteiger partial charge in [0.1, 0.15) is 11.2 Å². The van der Waals surface area contributed by atoms with Crippen LogP contribution in [0.5, 0.6) is 0 Å². The second kappa shape index (κ2) is 12.6. The highest BCUT2D eigenvalue weighted by molar-refractivity contribution is 6.23. The third-order valence-electron chi connectivity index (χ3n) is 10.7. The number of aromatic nitrogens is 3. The molecule has 2 aromatic heterocycles. The Hall–Kier alpha value is -7.43. The lowest BCUT2D eigenvalue weighted by molar-refractivity contribution is 0.669. The number of hydrogen-bond donors (Lipinski definition) is 0. The lowest BCUT2D eigenvalue weighted by Crippen LogP contribution is -2.01. The van der Waals surface area contributed by atoms with Gasteiger partial charge in [0.15, 0.2) is 17.5 Å². The number of furan rings is 1. The van der Waals surface area contributed by atoms with E-state index in [1.54, 1.807) is 0 Å². The molecule has 0 saturated carbocycles. The van der Waals surface area contributed by atoms with Crippen LogP contribution in [0.25, 0.3) is 111 Å². The first-order valence-electron chi connectivity index (χ1n) is 18.5. The largest absolute Gasteiger partial charge is 0.456 e. The van der Waals surface area contributed by atoms with Crippen molar-refractivity contribution in [1.29, 1.82) is 0 Å². The monoisotopic (exact) mass is 701 g/mol. The highest BCUT2D eigenvalue weighted by atomic mass is 16.3. The second-order valence-electron chi connectivity index (χ2n) is 13.9. The molecule has 0 aliphatic carbocycles. The number of nitrogens with zero attached hydrogens (tertiary/aromatic N) is 3.